The number of alkyl halides is 5. The lowest BCUT2D eigenvalue weighted by molar-refractivity contribution is -0.265. The molecule has 3 amide bonds. The number of rotatable bonds is 11. The number of hydrogen-bond donors (Lipinski definition) is 2. The summed E-state index contributed by atoms with van der Waals surface area (Å²) in [5, 5.41) is 16.5. The van der Waals surface area contributed by atoms with E-state index in [9.17, 15) is 31.5 Å². The van der Waals surface area contributed by atoms with Crippen molar-refractivity contribution in [2.24, 2.45) is 0 Å². The molecule has 13 nitrogen and oxygen atoms in total. The number of urea groups is 1. The minimum atomic E-state index is -4.71. The highest BCUT2D eigenvalue weighted by molar-refractivity contribution is 5.93. The number of carbonyl (C=O) groups is 2. The first kappa shape index (κ1) is 30.5. The largest absolute Gasteiger partial charge is 0.416 e. The number of nitrogens with zero attached hydrogens (tertiary/aromatic N) is 6. The zero-order valence-electron chi connectivity index (χ0n) is 23.3. The van der Waals surface area contributed by atoms with E-state index in [0.29, 0.717) is 11.3 Å². The van der Waals surface area contributed by atoms with Crippen LogP contribution in [-0.4, -0.2) is 92.9 Å². The van der Waals surface area contributed by atoms with E-state index in [4.69, 9.17) is 14.1 Å². The number of ether oxygens (including phenoxy) is 2. The number of fused-ring (bicyclic) bond motifs is 1. The Balaban J connectivity index is 1.45. The van der Waals surface area contributed by atoms with E-state index >= 15 is 0 Å². The van der Waals surface area contributed by atoms with Gasteiger partial charge in [0.25, 0.3) is 11.8 Å². The molecule has 1 aliphatic carbocycles. The van der Waals surface area contributed by atoms with Crippen LogP contribution in [0, 0.1) is 0 Å². The van der Waals surface area contributed by atoms with E-state index in [-0.39, 0.29) is 29.6 Å². The quantitative estimate of drug-likeness (QED) is 0.310. The minimum absolute atomic E-state index is 0.00524. The van der Waals surface area contributed by atoms with Crippen molar-refractivity contribution in [2.45, 2.75) is 62.4 Å². The highest BCUT2D eigenvalue weighted by atomic mass is 19.4. The molecule has 2 aliphatic rings. The minimum Gasteiger partial charge on any atom is -0.382 e. The molecule has 0 radical (unpaired) electrons. The summed E-state index contributed by atoms with van der Waals surface area (Å²) in [4.78, 5) is 31.0. The summed E-state index contributed by atoms with van der Waals surface area (Å²) in [5.41, 5.74) is -1.73. The van der Waals surface area contributed by atoms with Crippen LogP contribution in [0.2, 0.25) is 0 Å². The molecule has 2 atom stereocenters. The van der Waals surface area contributed by atoms with Crippen molar-refractivity contribution < 1.29 is 45.6 Å². The van der Waals surface area contributed by atoms with Gasteiger partial charge < -0.3 is 25.0 Å². The number of hydrogen-bond acceptors (Lipinski definition) is 9. The Hall–Kier alpha value is -3.93. The van der Waals surface area contributed by atoms with Crippen molar-refractivity contribution in [1.82, 2.24) is 40.4 Å². The van der Waals surface area contributed by atoms with Gasteiger partial charge in [0.2, 0.25) is 0 Å². The Kier molecular flexibility index (Phi) is 8.02. The van der Waals surface area contributed by atoms with E-state index < -0.39 is 61.4 Å². The fraction of sp³-hybridized carbons (Fsp3) is 0.600. The third kappa shape index (κ3) is 6.53. The average molecular weight is 617 g/mol. The Morgan fingerprint density at radius 3 is 2.67 bits per heavy atom. The lowest BCUT2D eigenvalue weighted by atomic mass is 10.1. The van der Waals surface area contributed by atoms with Crippen LogP contribution >= 0.6 is 0 Å². The fourth-order valence-electron chi connectivity index (χ4n) is 4.50. The number of amides is 3. The van der Waals surface area contributed by atoms with Crippen molar-refractivity contribution in [2.75, 3.05) is 33.4 Å². The first-order valence-corrected chi connectivity index (χ1v) is 13.3. The molecule has 43 heavy (non-hydrogen) atoms. The van der Waals surface area contributed by atoms with Crippen molar-refractivity contribution in [3.63, 3.8) is 0 Å². The Labute approximate surface area is 241 Å². The van der Waals surface area contributed by atoms with Crippen LogP contribution in [0.3, 0.4) is 0 Å². The molecule has 2 fully saturated rings. The molecule has 0 bridgehead atoms. The molecule has 1 saturated carbocycles. The topological polar surface area (TPSA) is 149 Å². The van der Waals surface area contributed by atoms with E-state index in [1.54, 1.807) is 0 Å². The first-order valence-electron chi connectivity index (χ1n) is 13.3. The number of halogens is 5. The molecule has 0 aromatic carbocycles. The van der Waals surface area contributed by atoms with Gasteiger partial charge >= 0.3 is 12.2 Å². The van der Waals surface area contributed by atoms with Crippen molar-refractivity contribution in [1.29, 1.82) is 0 Å². The zero-order valence-corrected chi connectivity index (χ0v) is 23.3. The van der Waals surface area contributed by atoms with Gasteiger partial charge in [-0.2, -0.15) is 18.3 Å². The van der Waals surface area contributed by atoms with Crippen LogP contribution in [-0.2, 0) is 9.47 Å². The lowest BCUT2D eigenvalue weighted by Crippen LogP contribution is -2.58. The van der Waals surface area contributed by atoms with Gasteiger partial charge in [-0.05, 0) is 37.9 Å². The maximum absolute atomic E-state index is 14.1. The molecule has 0 spiro atoms. The van der Waals surface area contributed by atoms with Crippen LogP contribution in [0.15, 0.2) is 23.1 Å². The number of imidazole rings is 1. The Morgan fingerprint density at radius 1 is 1.26 bits per heavy atom. The van der Waals surface area contributed by atoms with Crippen LogP contribution in [0.5, 0.6) is 0 Å². The number of methoxy groups -OCH3 is 1. The van der Waals surface area contributed by atoms with E-state index in [2.05, 4.69) is 31.0 Å². The third-order valence-electron chi connectivity index (χ3n) is 7.26. The first-order chi connectivity index (χ1) is 20.2. The smallest absolute Gasteiger partial charge is 0.382 e. The van der Waals surface area contributed by atoms with Gasteiger partial charge in [0, 0.05) is 18.6 Å². The average Bonchev–Trinajstić information content (AvgIpc) is 3.49. The SMILES string of the molecule is COC[C@H](c1cnn2cc([C@H](COC(C)(C)C(F)(F)F)NC(=O)c3nonc3C3CC3)nc2c1)N1CC(F)(F)CNC1=O. The molecular weight excluding hydrogens is 587 g/mol. The molecule has 3 aromatic rings. The van der Waals surface area contributed by atoms with Gasteiger partial charge in [0.05, 0.1) is 56.5 Å². The maximum Gasteiger partial charge on any atom is 0.416 e. The summed E-state index contributed by atoms with van der Waals surface area (Å²) in [6.07, 6.45) is -0.407. The van der Waals surface area contributed by atoms with Crippen LogP contribution in [0.4, 0.5) is 26.7 Å². The summed E-state index contributed by atoms with van der Waals surface area (Å²) in [6.45, 7) is -0.705. The normalized spacial score (nSPS) is 18.9. The summed E-state index contributed by atoms with van der Waals surface area (Å²) >= 11 is 0. The van der Waals surface area contributed by atoms with E-state index in [0.717, 1.165) is 31.6 Å². The molecule has 18 heteroatoms. The molecular formula is C25H29F5N8O5. The zero-order chi connectivity index (χ0) is 31.2. The van der Waals surface area contributed by atoms with Crippen LogP contribution in [0.25, 0.3) is 5.65 Å². The summed E-state index contributed by atoms with van der Waals surface area (Å²) in [5.74, 6) is -3.91. The van der Waals surface area contributed by atoms with Gasteiger partial charge in [-0.3, -0.25) is 4.79 Å². The Bertz CT molecular complexity index is 1490. The predicted molar refractivity (Wildman–Crippen MR) is 135 cm³/mol. The van der Waals surface area contributed by atoms with Crippen LogP contribution in [0.1, 0.15) is 72.1 Å². The van der Waals surface area contributed by atoms with Gasteiger partial charge in [0.1, 0.15) is 5.69 Å². The number of carbonyl (C=O) groups excluding carboxylic acids is 2. The second-order valence-electron chi connectivity index (χ2n) is 11.0. The third-order valence-corrected chi connectivity index (χ3v) is 7.26. The summed E-state index contributed by atoms with van der Waals surface area (Å²) in [6, 6.07) is -1.39. The van der Waals surface area contributed by atoms with Gasteiger partial charge in [0.15, 0.2) is 16.9 Å². The van der Waals surface area contributed by atoms with Gasteiger partial charge in [-0.25, -0.2) is 27.7 Å². The number of nitrogens with one attached hydrogen (secondary N) is 2. The molecule has 4 heterocycles. The van der Waals surface area contributed by atoms with Gasteiger partial charge in [-0.15, -0.1) is 0 Å². The predicted octanol–water partition coefficient (Wildman–Crippen LogP) is 3.17. The van der Waals surface area contributed by atoms with E-state index in [1.807, 2.05) is 0 Å². The standard InChI is InChI=1S/C25H29F5N8O5/c1-23(2,25(28,29)30)42-9-16(34-21(39)20-19(13-4-5-13)35-43-36-20)15-8-38-18(33-15)6-14(7-32-38)17(10-41-3)37-12-24(26,27)11-31-22(37)40/h6-8,13,16-17H,4-5,9-12H2,1-3H3,(H,31,40)(H,34,39)/t16-,17+/m0/s1. The molecule has 2 N–H and O–H groups in total. The van der Waals surface area contributed by atoms with Crippen molar-refractivity contribution >= 4 is 17.6 Å². The number of aromatic nitrogens is 5. The highest BCUT2D eigenvalue weighted by Crippen LogP contribution is 2.40. The molecule has 5 rings (SSSR count). The second-order valence-corrected chi connectivity index (χ2v) is 11.0. The van der Waals surface area contributed by atoms with Crippen molar-refractivity contribution in [3.05, 3.63) is 41.1 Å². The Morgan fingerprint density at radius 2 is 2.00 bits per heavy atom. The monoisotopic (exact) mass is 616 g/mol. The van der Waals surface area contributed by atoms with E-state index in [1.165, 1.54) is 30.1 Å². The molecule has 3 aromatic heterocycles. The molecule has 1 saturated heterocycles. The molecule has 0 unspecified atom stereocenters. The van der Waals surface area contributed by atoms with Crippen LogP contribution < -0.4 is 10.6 Å². The van der Waals surface area contributed by atoms with Gasteiger partial charge in [-0.1, -0.05) is 5.16 Å². The molecule has 234 valence electrons. The highest BCUT2D eigenvalue weighted by Gasteiger charge is 2.49. The fourth-order valence-corrected chi connectivity index (χ4v) is 4.50. The summed E-state index contributed by atoms with van der Waals surface area (Å²) < 4.78 is 85.3. The molecule has 1 aliphatic heterocycles. The summed E-state index contributed by atoms with van der Waals surface area (Å²) in [7, 11) is 1.35. The lowest BCUT2D eigenvalue weighted by Gasteiger charge is -2.38. The van der Waals surface area contributed by atoms with Crippen molar-refractivity contribution in [3.8, 4) is 0 Å². The maximum atomic E-state index is 14.1. The second kappa shape index (κ2) is 11.3.